The second-order valence-electron chi connectivity index (χ2n) is 2.77. The lowest BCUT2D eigenvalue weighted by Crippen LogP contribution is -2.35. The Labute approximate surface area is 69.6 Å². The zero-order chi connectivity index (χ0) is 9.19. The molecule has 64 valence electrons. The second-order valence-corrected chi connectivity index (χ2v) is 2.77. The van der Waals surface area contributed by atoms with Crippen LogP contribution in [0.1, 0.15) is 20.3 Å². The first kappa shape index (κ1) is 8.53. The van der Waals surface area contributed by atoms with Crippen LogP contribution in [0.25, 0.3) is 0 Å². The van der Waals surface area contributed by atoms with E-state index in [9.17, 15) is 4.79 Å². The Morgan fingerprint density at radius 2 is 2.58 bits per heavy atom. The van der Waals surface area contributed by atoms with E-state index in [1.165, 1.54) is 10.9 Å². The van der Waals surface area contributed by atoms with Crippen LogP contribution in [0.3, 0.4) is 0 Å². The van der Waals surface area contributed by atoms with Crippen molar-refractivity contribution in [2.75, 3.05) is 0 Å². The molecule has 0 saturated carbocycles. The highest BCUT2D eigenvalue weighted by Crippen LogP contribution is 2.15. The van der Waals surface area contributed by atoms with E-state index in [1.807, 2.05) is 6.92 Å². The molecule has 1 atom stereocenters. The van der Waals surface area contributed by atoms with E-state index in [0.717, 1.165) is 0 Å². The Kier molecular flexibility index (Phi) is 2.00. The first-order chi connectivity index (χ1) is 5.64. The van der Waals surface area contributed by atoms with E-state index in [2.05, 4.69) is 16.3 Å². The maximum Gasteiger partial charge on any atom is 0.344 e. The average molecular weight is 166 g/mol. The molecule has 0 aromatic carbocycles. The van der Waals surface area contributed by atoms with E-state index >= 15 is 0 Å². The highest BCUT2D eigenvalue weighted by atomic mass is 16.1. The summed E-state index contributed by atoms with van der Waals surface area (Å²) in [5.74, 6) is 0. The van der Waals surface area contributed by atoms with Crippen molar-refractivity contribution in [3.63, 3.8) is 0 Å². The fraction of sp³-hybridized carbons (Fsp3) is 0.571. The Hall–Kier alpha value is -1.57. The molecule has 1 aromatic heterocycles. The minimum atomic E-state index is -0.788. The molecule has 0 amide bonds. The van der Waals surface area contributed by atoms with E-state index in [1.54, 1.807) is 6.92 Å². The molecule has 0 fully saturated rings. The monoisotopic (exact) mass is 166 g/mol. The quantitative estimate of drug-likeness (QED) is 0.682. The summed E-state index contributed by atoms with van der Waals surface area (Å²) in [5.41, 5.74) is -1.13. The molecule has 12 heavy (non-hydrogen) atoms. The highest BCUT2D eigenvalue weighted by Gasteiger charge is 2.25. The maximum absolute atomic E-state index is 11.1. The number of rotatable bonds is 2. The maximum atomic E-state index is 11.1. The minimum absolute atomic E-state index is 0.346. The summed E-state index contributed by atoms with van der Waals surface area (Å²) < 4.78 is 1.30. The Bertz CT molecular complexity index is 358. The van der Waals surface area contributed by atoms with Crippen LogP contribution in [0.5, 0.6) is 0 Å². The molecule has 0 aliphatic heterocycles. The number of H-pyrrole nitrogens is 1. The SMILES string of the molecule is CCC(C)(C#N)n1cn[nH]c1=O. The van der Waals surface area contributed by atoms with E-state index in [0.29, 0.717) is 6.42 Å². The predicted octanol–water partition coefficient (Wildman–Crippen LogP) is 0.220. The molecule has 1 N–H and O–H groups in total. The van der Waals surface area contributed by atoms with Gasteiger partial charge in [-0.1, -0.05) is 6.92 Å². The van der Waals surface area contributed by atoms with Crippen LogP contribution in [0.2, 0.25) is 0 Å². The number of nitrogens with zero attached hydrogens (tertiary/aromatic N) is 3. The third-order valence-corrected chi connectivity index (χ3v) is 2.01. The van der Waals surface area contributed by atoms with Crippen LogP contribution in [-0.4, -0.2) is 14.8 Å². The van der Waals surface area contributed by atoms with Gasteiger partial charge in [0, 0.05) is 0 Å². The lowest BCUT2D eigenvalue weighted by molar-refractivity contribution is 0.396. The van der Waals surface area contributed by atoms with Crippen LogP contribution in [0.15, 0.2) is 11.1 Å². The molecule has 0 radical (unpaired) electrons. The zero-order valence-electron chi connectivity index (χ0n) is 7.03. The largest absolute Gasteiger partial charge is 0.344 e. The number of aromatic nitrogens is 3. The first-order valence-electron chi connectivity index (χ1n) is 3.68. The number of nitrogens with one attached hydrogen (secondary N) is 1. The van der Waals surface area contributed by atoms with Crippen molar-refractivity contribution in [1.82, 2.24) is 14.8 Å². The second kappa shape index (κ2) is 2.81. The molecule has 0 bridgehead atoms. The smallest absolute Gasteiger partial charge is 0.262 e. The highest BCUT2D eigenvalue weighted by molar-refractivity contribution is 5.01. The van der Waals surface area contributed by atoms with Gasteiger partial charge in [-0.15, -0.1) is 0 Å². The normalized spacial score (nSPS) is 15.1. The standard InChI is InChI=1S/C7H10N4O/c1-3-7(2,4-8)11-5-9-10-6(11)12/h5H,3H2,1-2H3,(H,10,12). The Morgan fingerprint density at radius 3 is 2.92 bits per heavy atom. The number of aromatic amines is 1. The molecule has 1 aromatic rings. The van der Waals surface area contributed by atoms with Crippen LogP contribution >= 0.6 is 0 Å². The van der Waals surface area contributed by atoms with Crippen molar-refractivity contribution in [2.24, 2.45) is 0 Å². The summed E-state index contributed by atoms with van der Waals surface area (Å²) in [5, 5.41) is 14.6. The molecule has 1 unspecified atom stereocenters. The fourth-order valence-electron chi connectivity index (χ4n) is 0.903. The topological polar surface area (TPSA) is 74.5 Å². The van der Waals surface area contributed by atoms with E-state index in [-0.39, 0.29) is 5.69 Å². The van der Waals surface area contributed by atoms with Crippen molar-refractivity contribution in [3.8, 4) is 6.07 Å². The van der Waals surface area contributed by atoms with Gasteiger partial charge >= 0.3 is 5.69 Å². The van der Waals surface area contributed by atoms with Gasteiger partial charge in [0.05, 0.1) is 6.07 Å². The van der Waals surface area contributed by atoms with E-state index < -0.39 is 5.54 Å². The molecular formula is C7H10N4O. The van der Waals surface area contributed by atoms with Crippen LogP contribution in [0, 0.1) is 11.3 Å². The molecule has 1 rings (SSSR count). The number of hydrogen-bond acceptors (Lipinski definition) is 3. The van der Waals surface area contributed by atoms with Gasteiger partial charge in [-0.2, -0.15) is 10.4 Å². The summed E-state index contributed by atoms with van der Waals surface area (Å²) in [6, 6.07) is 2.07. The van der Waals surface area contributed by atoms with Crippen LogP contribution < -0.4 is 5.69 Å². The van der Waals surface area contributed by atoms with Crippen LogP contribution in [0.4, 0.5) is 0 Å². The van der Waals surface area contributed by atoms with Crippen molar-refractivity contribution >= 4 is 0 Å². The summed E-state index contributed by atoms with van der Waals surface area (Å²) in [4.78, 5) is 11.1. The molecule has 0 aliphatic carbocycles. The molecule has 0 saturated heterocycles. The third-order valence-electron chi connectivity index (χ3n) is 2.01. The van der Waals surface area contributed by atoms with Crippen molar-refractivity contribution in [1.29, 1.82) is 5.26 Å². The average Bonchev–Trinajstić information content (AvgIpc) is 2.51. The first-order valence-corrected chi connectivity index (χ1v) is 3.68. The predicted molar refractivity (Wildman–Crippen MR) is 42.4 cm³/mol. The van der Waals surface area contributed by atoms with Gasteiger partial charge in [-0.25, -0.2) is 9.89 Å². The molecule has 5 nitrogen and oxygen atoms in total. The third kappa shape index (κ3) is 1.11. The zero-order valence-corrected chi connectivity index (χ0v) is 7.03. The molecule has 0 spiro atoms. The molecule has 1 heterocycles. The van der Waals surface area contributed by atoms with Crippen LogP contribution in [-0.2, 0) is 5.54 Å². The fourth-order valence-corrected chi connectivity index (χ4v) is 0.903. The number of hydrogen-bond donors (Lipinski definition) is 1. The minimum Gasteiger partial charge on any atom is -0.262 e. The molecular weight excluding hydrogens is 156 g/mol. The number of nitriles is 1. The van der Waals surface area contributed by atoms with Gasteiger partial charge in [-0.3, -0.25) is 4.57 Å². The molecule has 5 heteroatoms. The van der Waals surface area contributed by atoms with Gasteiger partial charge in [-0.05, 0) is 13.3 Å². The van der Waals surface area contributed by atoms with Crippen molar-refractivity contribution in [2.45, 2.75) is 25.8 Å². The van der Waals surface area contributed by atoms with Gasteiger partial charge in [0.2, 0.25) is 0 Å². The summed E-state index contributed by atoms with van der Waals surface area (Å²) in [6.45, 7) is 3.55. The van der Waals surface area contributed by atoms with Crippen molar-refractivity contribution in [3.05, 3.63) is 16.8 Å². The van der Waals surface area contributed by atoms with Gasteiger partial charge in [0.1, 0.15) is 11.9 Å². The Balaban J connectivity index is 3.22. The molecule has 0 aliphatic rings. The Morgan fingerprint density at radius 1 is 1.92 bits per heavy atom. The summed E-state index contributed by atoms with van der Waals surface area (Å²) >= 11 is 0. The summed E-state index contributed by atoms with van der Waals surface area (Å²) in [7, 11) is 0. The summed E-state index contributed by atoms with van der Waals surface area (Å²) in [6.07, 6.45) is 1.91. The van der Waals surface area contributed by atoms with E-state index in [4.69, 9.17) is 5.26 Å². The van der Waals surface area contributed by atoms with Gasteiger partial charge < -0.3 is 0 Å². The van der Waals surface area contributed by atoms with Gasteiger partial charge in [0.25, 0.3) is 0 Å². The van der Waals surface area contributed by atoms with Crippen molar-refractivity contribution < 1.29 is 0 Å². The lowest BCUT2D eigenvalue weighted by Gasteiger charge is -2.18. The lowest BCUT2D eigenvalue weighted by atomic mass is 10.0. The van der Waals surface area contributed by atoms with Gasteiger partial charge in [0.15, 0.2) is 0 Å².